The van der Waals surface area contributed by atoms with Crippen molar-refractivity contribution in [2.75, 3.05) is 0 Å². The molecule has 0 saturated heterocycles. The van der Waals surface area contributed by atoms with Gasteiger partial charge in [0.05, 0.1) is 0 Å². The molecule has 5 heteroatoms. The first-order chi connectivity index (χ1) is 8.52. The number of hydrogen-bond donors (Lipinski definition) is 2. The van der Waals surface area contributed by atoms with E-state index in [-0.39, 0.29) is 11.7 Å². The second-order valence-electron chi connectivity index (χ2n) is 4.40. The van der Waals surface area contributed by atoms with Crippen LogP contribution in [0.3, 0.4) is 0 Å². The fourth-order valence-corrected chi connectivity index (χ4v) is 2.44. The van der Waals surface area contributed by atoms with Crippen molar-refractivity contribution < 1.29 is 9.59 Å². The molecule has 1 unspecified atom stereocenters. The highest BCUT2D eigenvalue weighted by Gasteiger charge is 2.47. The van der Waals surface area contributed by atoms with Crippen LogP contribution < -0.4 is 11.1 Å². The van der Waals surface area contributed by atoms with Gasteiger partial charge in [0.2, 0.25) is 5.91 Å². The predicted octanol–water partition coefficient (Wildman–Crippen LogP) is 2.13. The number of nitrogens with zero attached hydrogens (tertiary/aromatic N) is 1. The first-order valence-corrected chi connectivity index (χ1v) is 6.42. The SMILES string of the molecule is CC/C=C(\CCC)C1(CC)C(=O)NC(=O)N=C1N. The van der Waals surface area contributed by atoms with Gasteiger partial charge >= 0.3 is 6.03 Å². The minimum Gasteiger partial charge on any atom is -0.386 e. The topological polar surface area (TPSA) is 84.5 Å². The summed E-state index contributed by atoms with van der Waals surface area (Å²) in [6.45, 7) is 5.95. The first kappa shape index (κ1) is 14.4. The standard InChI is InChI=1S/C13H21N3O2/c1-4-7-9(8-5-2)13(6-3)10(14)15-12(18)16-11(13)17/h7H,4-6,8H2,1-3H3,(H3,14,15,16,17,18)/b9-7+. The Morgan fingerprint density at radius 3 is 2.50 bits per heavy atom. The second-order valence-corrected chi connectivity index (χ2v) is 4.40. The van der Waals surface area contributed by atoms with E-state index in [0.717, 1.165) is 24.8 Å². The monoisotopic (exact) mass is 251 g/mol. The van der Waals surface area contributed by atoms with E-state index in [1.165, 1.54) is 0 Å². The van der Waals surface area contributed by atoms with Crippen LogP contribution in [0.1, 0.15) is 46.5 Å². The van der Waals surface area contributed by atoms with Crippen molar-refractivity contribution in [3.8, 4) is 0 Å². The van der Waals surface area contributed by atoms with Gasteiger partial charge in [-0.15, -0.1) is 0 Å². The first-order valence-electron chi connectivity index (χ1n) is 6.42. The largest absolute Gasteiger partial charge is 0.386 e. The summed E-state index contributed by atoms with van der Waals surface area (Å²) < 4.78 is 0. The molecule has 0 fully saturated rings. The smallest absolute Gasteiger partial charge is 0.349 e. The number of allylic oxidation sites excluding steroid dienone is 1. The highest BCUT2D eigenvalue weighted by atomic mass is 16.2. The molecule has 1 aliphatic heterocycles. The van der Waals surface area contributed by atoms with Crippen molar-refractivity contribution in [1.82, 2.24) is 5.32 Å². The molecule has 1 atom stereocenters. The Kier molecular flexibility index (Phi) is 4.64. The molecule has 0 spiro atoms. The average molecular weight is 251 g/mol. The van der Waals surface area contributed by atoms with Crippen LogP contribution in [0.4, 0.5) is 4.79 Å². The van der Waals surface area contributed by atoms with Gasteiger partial charge in [0, 0.05) is 0 Å². The molecule has 1 rings (SSSR count). The molecule has 0 bridgehead atoms. The fraction of sp³-hybridized carbons (Fsp3) is 0.615. The number of aliphatic imine (C=N–C) groups is 1. The van der Waals surface area contributed by atoms with E-state index in [1.54, 1.807) is 0 Å². The molecule has 0 aromatic carbocycles. The van der Waals surface area contributed by atoms with Crippen molar-refractivity contribution in [3.63, 3.8) is 0 Å². The van der Waals surface area contributed by atoms with Gasteiger partial charge < -0.3 is 5.73 Å². The van der Waals surface area contributed by atoms with Crippen LogP contribution in [-0.4, -0.2) is 17.8 Å². The number of nitrogens with two attached hydrogens (primary N) is 1. The third kappa shape index (κ3) is 2.30. The Labute approximate surface area is 108 Å². The lowest BCUT2D eigenvalue weighted by molar-refractivity contribution is -0.125. The number of amidine groups is 1. The van der Waals surface area contributed by atoms with Crippen LogP contribution in [0.5, 0.6) is 0 Å². The van der Waals surface area contributed by atoms with Gasteiger partial charge in [-0.3, -0.25) is 10.1 Å². The van der Waals surface area contributed by atoms with E-state index in [9.17, 15) is 9.59 Å². The maximum absolute atomic E-state index is 12.2. The maximum Gasteiger partial charge on any atom is 0.349 e. The molecular formula is C13H21N3O2. The lowest BCUT2D eigenvalue weighted by Gasteiger charge is -2.35. The Hall–Kier alpha value is -1.65. The third-order valence-electron chi connectivity index (χ3n) is 3.32. The quantitative estimate of drug-likeness (QED) is 0.734. The lowest BCUT2D eigenvalue weighted by atomic mass is 9.72. The number of nitrogens with one attached hydrogen (secondary N) is 1. The Morgan fingerprint density at radius 1 is 1.39 bits per heavy atom. The summed E-state index contributed by atoms with van der Waals surface area (Å²) in [5, 5.41) is 2.26. The van der Waals surface area contributed by atoms with Crippen LogP contribution in [0.15, 0.2) is 16.6 Å². The van der Waals surface area contributed by atoms with E-state index in [4.69, 9.17) is 5.73 Å². The van der Waals surface area contributed by atoms with Crippen LogP contribution in [0.2, 0.25) is 0 Å². The zero-order chi connectivity index (χ0) is 13.8. The lowest BCUT2D eigenvalue weighted by Crippen LogP contribution is -2.55. The number of amides is 3. The number of hydrogen-bond acceptors (Lipinski definition) is 3. The van der Waals surface area contributed by atoms with E-state index in [0.29, 0.717) is 6.42 Å². The zero-order valence-corrected chi connectivity index (χ0v) is 11.2. The molecule has 0 aromatic heterocycles. The van der Waals surface area contributed by atoms with Gasteiger partial charge in [-0.1, -0.05) is 38.8 Å². The van der Waals surface area contributed by atoms with Crippen LogP contribution in [0.25, 0.3) is 0 Å². The summed E-state index contributed by atoms with van der Waals surface area (Å²) in [5.41, 5.74) is 5.91. The van der Waals surface area contributed by atoms with Gasteiger partial charge in [-0.05, 0) is 19.3 Å². The van der Waals surface area contributed by atoms with E-state index in [1.807, 2.05) is 26.8 Å². The second kappa shape index (κ2) is 5.80. The summed E-state index contributed by atoms with van der Waals surface area (Å²) in [5.74, 6) is -0.234. The minimum atomic E-state index is -0.945. The van der Waals surface area contributed by atoms with Crippen molar-refractivity contribution >= 4 is 17.8 Å². The summed E-state index contributed by atoms with van der Waals surface area (Å²) in [6.07, 6.45) is 5.05. The summed E-state index contributed by atoms with van der Waals surface area (Å²) >= 11 is 0. The number of urea groups is 1. The molecule has 3 amide bonds. The summed E-state index contributed by atoms with van der Waals surface area (Å²) in [6, 6.07) is -0.672. The Morgan fingerprint density at radius 2 is 2.06 bits per heavy atom. The van der Waals surface area contributed by atoms with E-state index >= 15 is 0 Å². The highest BCUT2D eigenvalue weighted by Crippen LogP contribution is 2.37. The molecule has 18 heavy (non-hydrogen) atoms. The molecule has 1 aliphatic rings. The molecule has 0 aromatic rings. The number of imide groups is 1. The molecule has 0 saturated carbocycles. The van der Waals surface area contributed by atoms with E-state index in [2.05, 4.69) is 10.3 Å². The normalized spacial score (nSPS) is 24.8. The van der Waals surface area contributed by atoms with Crippen LogP contribution in [-0.2, 0) is 4.79 Å². The van der Waals surface area contributed by atoms with Crippen molar-refractivity contribution in [2.45, 2.75) is 46.5 Å². The van der Waals surface area contributed by atoms with Gasteiger partial charge in [0.15, 0.2) is 0 Å². The Bertz CT molecular complexity index is 412. The maximum atomic E-state index is 12.2. The van der Waals surface area contributed by atoms with Gasteiger partial charge in [0.25, 0.3) is 0 Å². The summed E-state index contributed by atoms with van der Waals surface area (Å²) in [7, 11) is 0. The average Bonchev–Trinajstić information content (AvgIpc) is 2.29. The molecule has 0 radical (unpaired) electrons. The minimum absolute atomic E-state index is 0.118. The number of rotatable bonds is 5. The molecule has 3 N–H and O–H groups in total. The molecule has 1 heterocycles. The zero-order valence-electron chi connectivity index (χ0n) is 11.2. The number of carbonyl (C=O) groups is 2. The van der Waals surface area contributed by atoms with Crippen molar-refractivity contribution in [2.24, 2.45) is 16.1 Å². The van der Waals surface area contributed by atoms with Crippen LogP contribution >= 0.6 is 0 Å². The fourth-order valence-electron chi connectivity index (χ4n) is 2.44. The van der Waals surface area contributed by atoms with Crippen molar-refractivity contribution in [1.29, 1.82) is 0 Å². The van der Waals surface area contributed by atoms with Gasteiger partial charge in [-0.25, -0.2) is 4.79 Å². The van der Waals surface area contributed by atoms with Crippen LogP contribution in [0, 0.1) is 5.41 Å². The molecule has 0 aliphatic carbocycles. The van der Waals surface area contributed by atoms with Gasteiger partial charge in [0.1, 0.15) is 11.3 Å². The molecular weight excluding hydrogens is 230 g/mol. The highest BCUT2D eigenvalue weighted by molar-refractivity contribution is 6.20. The van der Waals surface area contributed by atoms with Gasteiger partial charge in [-0.2, -0.15) is 4.99 Å². The predicted molar refractivity (Wildman–Crippen MR) is 71.2 cm³/mol. The molecule has 5 nitrogen and oxygen atoms in total. The summed E-state index contributed by atoms with van der Waals surface area (Å²) in [4.78, 5) is 27.2. The van der Waals surface area contributed by atoms with E-state index < -0.39 is 11.4 Å². The molecule has 100 valence electrons. The third-order valence-corrected chi connectivity index (χ3v) is 3.32. The number of carbonyl (C=O) groups excluding carboxylic acids is 2. The van der Waals surface area contributed by atoms with Crippen molar-refractivity contribution in [3.05, 3.63) is 11.6 Å². The Balaban J connectivity index is 3.33.